The number of ether oxygens (including phenoxy) is 2. The van der Waals surface area contributed by atoms with Gasteiger partial charge in [0.05, 0.1) is 10.8 Å². The molecule has 22 heavy (non-hydrogen) atoms. The summed E-state index contributed by atoms with van der Waals surface area (Å²) in [5.74, 6) is 0.365. The molecule has 4 nitrogen and oxygen atoms in total. The molecule has 0 aromatic carbocycles. The third kappa shape index (κ3) is 5.32. The molecule has 0 fully saturated rings. The highest BCUT2D eigenvalue weighted by Gasteiger charge is 2.31. The standard InChI is InChI=1S/C18H28O4/c1-16(2,3)14(19)21-12-9-13(11-18(7,8)10-12)22-15(20)17(4,5)6/h9-10H,11H2,1-8H3. The number of rotatable bonds is 2. The van der Waals surface area contributed by atoms with Crippen molar-refractivity contribution in [3.8, 4) is 0 Å². The molecule has 0 bridgehead atoms. The molecule has 0 aliphatic heterocycles. The van der Waals surface area contributed by atoms with Gasteiger partial charge >= 0.3 is 11.9 Å². The van der Waals surface area contributed by atoms with E-state index >= 15 is 0 Å². The van der Waals surface area contributed by atoms with Crippen LogP contribution in [0.2, 0.25) is 0 Å². The zero-order valence-corrected chi connectivity index (χ0v) is 15.0. The van der Waals surface area contributed by atoms with Gasteiger partial charge in [-0.2, -0.15) is 0 Å². The minimum absolute atomic E-state index is 0.240. The molecule has 0 atom stereocenters. The van der Waals surface area contributed by atoms with Crippen molar-refractivity contribution in [2.75, 3.05) is 0 Å². The van der Waals surface area contributed by atoms with Gasteiger partial charge in [0.15, 0.2) is 0 Å². The summed E-state index contributed by atoms with van der Waals surface area (Å²) in [6, 6.07) is 0. The molecular weight excluding hydrogens is 280 g/mol. The van der Waals surface area contributed by atoms with Crippen molar-refractivity contribution < 1.29 is 19.1 Å². The van der Waals surface area contributed by atoms with Crippen LogP contribution < -0.4 is 0 Å². The molecule has 0 saturated heterocycles. The molecule has 0 heterocycles. The fourth-order valence-electron chi connectivity index (χ4n) is 1.79. The maximum absolute atomic E-state index is 12.0. The molecule has 4 heteroatoms. The lowest BCUT2D eigenvalue weighted by Gasteiger charge is -2.29. The fraction of sp³-hybridized carbons (Fsp3) is 0.667. The Balaban J connectivity index is 2.95. The Labute approximate surface area is 133 Å². The van der Waals surface area contributed by atoms with Crippen LogP contribution in [-0.4, -0.2) is 11.9 Å². The monoisotopic (exact) mass is 308 g/mol. The first-order valence-corrected chi connectivity index (χ1v) is 7.59. The number of carbonyl (C=O) groups is 2. The second-order valence-electron chi connectivity index (χ2n) is 8.60. The van der Waals surface area contributed by atoms with E-state index in [0.29, 0.717) is 17.9 Å². The second-order valence-corrected chi connectivity index (χ2v) is 8.60. The first-order chi connectivity index (χ1) is 9.71. The van der Waals surface area contributed by atoms with E-state index in [1.165, 1.54) is 0 Å². The van der Waals surface area contributed by atoms with E-state index in [-0.39, 0.29) is 17.4 Å². The van der Waals surface area contributed by atoms with Crippen molar-refractivity contribution in [2.45, 2.75) is 61.8 Å². The van der Waals surface area contributed by atoms with Crippen LogP contribution in [0.1, 0.15) is 61.8 Å². The number of allylic oxidation sites excluding steroid dienone is 3. The van der Waals surface area contributed by atoms with Gasteiger partial charge in [0.1, 0.15) is 11.5 Å². The van der Waals surface area contributed by atoms with Gasteiger partial charge in [0.2, 0.25) is 0 Å². The van der Waals surface area contributed by atoms with Crippen molar-refractivity contribution in [3.63, 3.8) is 0 Å². The maximum atomic E-state index is 12.0. The average molecular weight is 308 g/mol. The summed E-state index contributed by atoms with van der Waals surface area (Å²) < 4.78 is 10.9. The van der Waals surface area contributed by atoms with Gasteiger partial charge < -0.3 is 9.47 Å². The van der Waals surface area contributed by atoms with Crippen LogP contribution in [0, 0.1) is 16.2 Å². The van der Waals surface area contributed by atoms with Crippen LogP contribution in [0.3, 0.4) is 0 Å². The lowest BCUT2D eigenvalue weighted by molar-refractivity contribution is -0.149. The van der Waals surface area contributed by atoms with Gasteiger partial charge in [-0.3, -0.25) is 9.59 Å². The SMILES string of the molecule is CC1(C)C=C(OC(=O)C(C)(C)C)C=C(OC(=O)C(C)(C)C)C1. The van der Waals surface area contributed by atoms with Crippen molar-refractivity contribution in [3.05, 3.63) is 23.7 Å². The van der Waals surface area contributed by atoms with Crippen LogP contribution >= 0.6 is 0 Å². The highest BCUT2D eigenvalue weighted by Crippen LogP contribution is 2.35. The van der Waals surface area contributed by atoms with E-state index in [9.17, 15) is 9.59 Å². The summed E-state index contributed by atoms with van der Waals surface area (Å²) >= 11 is 0. The van der Waals surface area contributed by atoms with Crippen LogP contribution in [0.25, 0.3) is 0 Å². The quantitative estimate of drug-likeness (QED) is 0.711. The third-order valence-corrected chi connectivity index (χ3v) is 3.13. The second kappa shape index (κ2) is 5.90. The highest BCUT2D eigenvalue weighted by molar-refractivity contribution is 5.77. The van der Waals surface area contributed by atoms with Gasteiger partial charge in [-0.1, -0.05) is 13.8 Å². The van der Waals surface area contributed by atoms with Crippen LogP contribution in [0.5, 0.6) is 0 Å². The first-order valence-electron chi connectivity index (χ1n) is 7.59. The lowest BCUT2D eigenvalue weighted by Crippen LogP contribution is -2.27. The normalized spacial score (nSPS) is 18.2. The predicted molar refractivity (Wildman–Crippen MR) is 85.7 cm³/mol. The molecule has 0 radical (unpaired) electrons. The van der Waals surface area contributed by atoms with E-state index in [1.807, 2.05) is 19.9 Å². The summed E-state index contributed by atoms with van der Waals surface area (Å²) in [4.78, 5) is 24.1. The van der Waals surface area contributed by atoms with Gasteiger partial charge in [0, 0.05) is 12.5 Å². The molecule has 0 aromatic rings. The third-order valence-electron chi connectivity index (χ3n) is 3.13. The molecule has 0 amide bonds. The minimum Gasteiger partial charge on any atom is -0.431 e. The van der Waals surface area contributed by atoms with Crippen molar-refractivity contribution in [1.82, 2.24) is 0 Å². The predicted octanol–water partition coefficient (Wildman–Crippen LogP) is 4.36. The Kier molecular flexibility index (Phi) is 4.95. The van der Waals surface area contributed by atoms with Crippen LogP contribution in [0.15, 0.2) is 23.7 Å². The van der Waals surface area contributed by atoms with E-state index in [2.05, 4.69) is 0 Å². The summed E-state index contributed by atoms with van der Waals surface area (Å²) in [5, 5.41) is 0. The van der Waals surface area contributed by atoms with Crippen LogP contribution in [-0.2, 0) is 19.1 Å². The molecule has 0 unspecified atom stereocenters. The van der Waals surface area contributed by atoms with Crippen molar-refractivity contribution >= 4 is 11.9 Å². The molecule has 1 aliphatic rings. The molecule has 0 aromatic heterocycles. The fourth-order valence-corrected chi connectivity index (χ4v) is 1.79. The molecule has 1 aliphatic carbocycles. The zero-order chi connectivity index (χ0) is 17.3. The Hall–Kier alpha value is -1.58. The largest absolute Gasteiger partial charge is 0.431 e. The number of carbonyl (C=O) groups excluding carboxylic acids is 2. The summed E-state index contributed by atoms with van der Waals surface area (Å²) in [6.07, 6.45) is 4.12. The Bertz CT molecular complexity index is 522. The first kappa shape index (κ1) is 18.5. The Morgan fingerprint density at radius 2 is 1.41 bits per heavy atom. The molecule has 124 valence electrons. The summed E-state index contributed by atoms with van der Waals surface area (Å²) in [7, 11) is 0. The van der Waals surface area contributed by atoms with Crippen molar-refractivity contribution in [1.29, 1.82) is 0 Å². The molecule has 1 rings (SSSR count). The van der Waals surface area contributed by atoms with Gasteiger partial charge in [-0.25, -0.2) is 0 Å². The maximum Gasteiger partial charge on any atom is 0.316 e. The zero-order valence-electron chi connectivity index (χ0n) is 15.0. The van der Waals surface area contributed by atoms with E-state index in [4.69, 9.17) is 9.47 Å². The lowest BCUT2D eigenvalue weighted by atomic mass is 9.84. The average Bonchev–Trinajstić information content (AvgIpc) is 2.23. The van der Waals surface area contributed by atoms with Crippen LogP contribution in [0.4, 0.5) is 0 Å². The van der Waals surface area contributed by atoms with Gasteiger partial charge in [-0.15, -0.1) is 0 Å². The van der Waals surface area contributed by atoms with E-state index < -0.39 is 10.8 Å². The number of hydrogen-bond acceptors (Lipinski definition) is 4. The van der Waals surface area contributed by atoms with Gasteiger partial charge in [0.25, 0.3) is 0 Å². The molecular formula is C18H28O4. The van der Waals surface area contributed by atoms with Gasteiger partial charge in [-0.05, 0) is 53.0 Å². The number of hydrogen-bond donors (Lipinski definition) is 0. The Morgan fingerprint density at radius 3 is 1.86 bits per heavy atom. The molecule has 0 saturated carbocycles. The van der Waals surface area contributed by atoms with E-state index in [1.54, 1.807) is 47.6 Å². The topological polar surface area (TPSA) is 52.6 Å². The Morgan fingerprint density at radius 1 is 0.955 bits per heavy atom. The molecule has 0 N–H and O–H groups in total. The number of esters is 2. The molecule has 0 spiro atoms. The summed E-state index contributed by atoms with van der Waals surface area (Å²) in [6.45, 7) is 14.8. The minimum atomic E-state index is -0.585. The highest BCUT2D eigenvalue weighted by atomic mass is 16.6. The van der Waals surface area contributed by atoms with E-state index in [0.717, 1.165) is 0 Å². The smallest absolute Gasteiger partial charge is 0.316 e. The van der Waals surface area contributed by atoms with Crippen molar-refractivity contribution in [2.24, 2.45) is 16.2 Å². The summed E-state index contributed by atoms with van der Waals surface area (Å²) in [5.41, 5.74) is -1.40.